The van der Waals surface area contributed by atoms with Crippen LogP contribution in [0.4, 0.5) is 4.79 Å². The molecule has 0 bridgehead atoms. The highest BCUT2D eigenvalue weighted by atomic mass is 35.5. The summed E-state index contributed by atoms with van der Waals surface area (Å²) in [5.41, 5.74) is 4.60. The van der Waals surface area contributed by atoms with Crippen LogP contribution >= 0.6 is 35.0 Å². The number of benzene rings is 4. The average molecular weight is 631 g/mol. The molecule has 0 saturated carbocycles. The second-order valence-electron chi connectivity index (χ2n) is 10.2. The van der Waals surface area contributed by atoms with Gasteiger partial charge < -0.3 is 14.2 Å². The number of rotatable bonds is 6. The number of fused-ring (bicyclic) bond motifs is 4. The number of amides is 1. The van der Waals surface area contributed by atoms with Gasteiger partial charge in [-0.05, 0) is 59.3 Å². The Morgan fingerprint density at radius 1 is 1.05 bits per heavy atom. The van der Waals surface area contributed by atoms with Crippen LogP contribution in [0.3, 0.4) is 0 Å². The lowest BCUT2D eigenvalue weighted by atomic mass is 9.95. The van der Waals surface area contributed by atoms with Crippen LogP contribution in [-0.4, -0.2) is 28.9 Å². The highest BCUT2D eigenvalue weighted by molar-refractivity contribution is 8.17. The Balaban J connectivity index is 1.24. The van der Waals surface area contributed by atoms with Crippen molar-refractivity contribution < 1.29 is 19.0 Å². The Labute approximate surface area is 263 Å². The van der Waals surface area contributed by atoms with Crippen molar-refractivity contribution in [1.29, 1.82) is 0 Å². The molecule has 4 aromatic rings. The summed E-state index contributed by atoms with van der Waals surface area (Å²) >= 11 is 13.4. The van der Waals surface area contributed by atoms with E-state index in [9.17, 15) is 4.79 Å². The maximum atomic E-state index is 13.0. The maximum absolute atomic E-state index is 13.0. The van der Waals surface area contributed by atoms with Crippen LogP contribution in [0, 0.1) is 0 Å². The number of hydrogen-bond donors (Lipinski definition) is 1. The topological polar surface area (TPSA) is 72.4 Å². The van der Waals surface area contributed by atoms with Gasteiger partial charge in [-0.2, -0.15) is 5.10 Å². The zero-order valence-corrected chi connectivity index (χ0v) is 25.2. The summed E-state index contributed by atoms with van der Waals surface area (Å²) in [7, 11) is 1.58. The van der Waals surface area contributed by atoms with E-state index in [4.69, 9.17) is 42.5 Å². The number of methoxy groups -OCH3 is 1. The first-order chi connectivity index (χ1) is 20.9. The molecule has 1 fully saturated rings. The largest absolute Gasteiger partial charge is 0.493 e. The third kappa shape index (κ3) is 5.09. The number of hydrazone groups is 1. The summed E-state index contributed by atoms with van der Waals surface area (Å²) in [6.07, 6.45) is 2.60. The molecule has 1 N–H and O–H groups in total. The number of nitrogens with one attached hydrogen (secondary N) is 1. The van der Waals surface area contributed by atoms with Gasteiger partial charge in [-0.3, -0.25) is 10.1 Å². The summed E-state index contributed by atoms with van der Waals surface area (Å²) in [4.78, 5) is 13.7. The lowest BCUT2D eigenvalue weighted by Gasteiger charge is -2.45. The summed E-state index contributed by atoms with van der Waals surface area (Å²) in [5, 5.41) is 10.9. The van der Waals surface area contributed by atoms with E-state index < -0.39 is 5.85 Å². The van der Waals surface area contributed by atoms with Crippen molar-refractivity contribution in [3.63, 3.8) is 0 Å². The minimum absolute atomic E-state index is 0.118. The van der Waals surface area contributed by atoms with Crippen LogP contribution in [-0.2, 0) is 6.61 Å². The fourth-order valence-electron chi connectivity index (χ4n) is 5.51. The van der Waals surface area contributed by atoms with Crippen molar-refractivity contribution in [2.45, 2.75) is 24.9 Å². The molecule has 1 amide bonds. The molecule has 216 valence electrons. The van der Waals surface area contributed by atoms with E-state index in [0.29, 0.717) is 38.6 Å². The number of carbonyl (C=O) groups excluding carboxylic acids is 1. The van der Waals surface area contributed by atoms with Gasteiger partial charge in [0.15, 0.2) is 11.5 Å². The first-order valence-electron chi connectivity index (χ1n) is 13.6. The Kier molecular flexibility index (Phi) is 7.21. The first kappa shape index (κ1) is 27.7. The Morgan fingerprint density at radius 3 is 2.67 bits per heavy atom. The highest BCUT2D eigenvalue weighted by Crippen LogP contribution is 2.52. The molecule has 1 spiro atoms. The maximum Gasteiger partial charge on any atom is 0.314 e. The summed E-state index contributed by atoms with van der Waals surface area (Å²) in [6, 6.07) is 28.8. The summed E-state index contributed by atoms with van der Waals surface area (Å²) in [5.74, 6) is 0.502. The zero-order valence-electron chi connectivity index (χ0n) is 22.9. The molecule has 2 unspecified atom stereocenters. The van der Waals surface area contributed by atoms with E-state index in [1.54, 1.807) is 19.2 Å². The number of nitrogens with zero attached hydrogens (tertiary/aromatic N) is 2. The molecule has 3 heterocycles. The van der Waals surface area contributed by atoms with Crippen molar-refractivity contribution in [3.05, 3.63) is 128 Å². The Bertz CT molecular complexity index is 1800. The van der Waals surface area contributed by atoms with Crippen LogP contribution in [0.2, 0.25) is 10.0 Å². The van der Waals surface area contributed by atoms with E-state index in [2.05, 4.69) is 11.4 Å². The lowest BCUT2D eigenvalue weighted by molar-refractivity contribution is -0.0949. The highest BCUT2D eigenvalue weighted by Gasteiger charge is 2.58. The fourth-order valence-corrected chi connectivity index (χ4v) is 6.88. The average Bonchev–Trinajstić information content (AvgIpc) is 3.60. The Morgan fingerprint density at radius 2 is 1.86 bits per heavy atom. The van der Waals surface area contributed by atoms with Gasteiger partial charge in [-0.25, -0.2) is 5.01 Å². The molecule has 4 aromatic carbocycles. The zero-order chi connectivity index (χ0) is 29.6. The number of hydrogen-bond acceptors (Lipinski definition) is 7. The fraction of sp³-hybridized carbons (Fsp3) is 0.152. The standard InChI is InChI=1S/C33H25Cl2N3O4S/c1-40-30-15-20(11-14-29(30)41-19-22-12-13-23(34)17-25(22)35)16-31-33(36-32(39)43-31)38-27(24-9-5-6-10-28(24)42-33)18-26(37-38)21-7-3-2-4-8-21/h2-17,27H,18-19H2,1H3,(H,36,39)/b31-16-. The molecule has 7 nitrogen and oxygen atoms in total. The second-order valence-corrected chi connectivity index (χ2v) is 12.1. The smallest absolute Gasteiger partial charge is 0.314 e. The molecular weight excluding hydrogens is 605 g/mol. The predicted octanol–water partition coefficient (Wildman–Crippen LogP) is 8.28. The van der Waals surface area contributed by atoms with E-state index in [1.807, 2.05) is 83.9 Å². The molecule has 0 radical (unpaired) electrons. The van der Waals surface area contributed by atoms with Gasteiger partial charge in [0, 0.05) is 27.6 Å². The molecule has 3 aliphatic rings. The van der Waals surface area contributed by atoms with Crippen LogP contribution in [0.15, 0.2) is 101 Å². The number of para-hydroxylation sites is 1. The van der Waals surface area contributed by atoms with Crippen molar-refractivity contribution in [3.8, 4) is 17.2 Å². The normalized spacial score (nSPS) is 21.2. The Hall–Kier alpha value is -4.11. The summed E-state index contributed by atoms with van der Waals surface area (Å²) in [6.45, 7) is 0.246. The van der Waals surface area contributed by atoms with Gasteiger partial charge in [-0.1, -0.05) is 83.9 Å². The van der Waals surface area contributed by atoms with E-state index in [1.165, 1.54) is 0 Å². The SMILES string of the molecule is COc1cc(/C=C2\SC(=O)NC23Oc2ccccc2C2CC(c4ccccc4)=NN23)ccc1OCc1ccc(Cl)cc1Cl. The van der Waals surface area contributed by atoms with Gasteiger partial charge in [-0.15, -0.1) is 0 Å². The van der Waals surface area contributed by atoms with Gasteiger partial charge in [0.05, 0.1) is 23.8 Å². The van der Waals surface area contributed by atoms with Crippen molar-refractivity contribution in [2.75, 3.05) is 7.11 Å². The molecule has 7 rings (SSSR count). The quantitative estimate of drug-likeness (QED) is 0.231. The second kappa shape index (κ2) is 11.2. The minimum Gasteiger partial charge on any atom is -0.493 e. The molecule has 1 saturated heterocycles. The number of ether oxygens (including phenoxy) is 3. The van der Waals surface area contributed by atoms with Crippen LogP contribution in [0.5, 0.6) is 17.2 Å². The van der Waals surface area contributed by atoms with Crippen LogP contribution < -0.4 is 19.5 Å². The predicted molar refractivity (Wildman–Crippen MR) is 170 cm³/mol. The third-order valence-electron chi connectivity index (χ3n) is 7.57. The van der Waals surface area contributed by atoms with Gasteiger partial charge in [0.25, 0.3) is 5.24 Å². The van der Waals surface area contributed by atoms with Gasteiger partial charge in [0.2, 0.25) is 0 Å². The van der Waals surface area contributed by atoms with Crippen molar-refractivity contribution >= 4 is 52.0 Å². The molecular formula is C33H25Cl2N3O4S. The van der Waals surface area contributed by atoms with Crippen LogP contribution in [0.1, 0.15) is 34.7 Å². The number of halogens is 2. The van der Waals surface area contributed by atoms with Crippen molar-refractivity contribution in [2.24, 2.45) is 5.10 Å². The molecule has 43 heavy (non-hydrogen) atoms. The summed E-state index contributed by atoms with van der Waals surface area (Å²) < 4.78 is 18.3. The molecule has 0 aliphatic carbocycles. The van der Waals surface area contributed by atoms with E-state index >= 15 is 0 Å². The molecule has 2 atom stereocenters. The van der Waals surface area contributed by atoms with E-state index in [0.717, 1.165) is 39.7 Å². The van der Waals surface area contributed by atoms with Gasteiger partial charge >= 0.3 is 5.85 Å². The third-order valence-corrected chi connectivity index (χ3v) is 9.06. The van der Waals surface area contributed by atoms with Gasteiger partial charge in [0.1, 0.15) is 12.4 Å². The van der Waals surface area contributed by atoms with E-state index in [-0.39, 0.29) is 17.9 Å². The number of carbonyl (C=O) groups is 1. The number of thioether (sulfide) groups is 1. The van der Waals surface area contributed by atoms with Crippen molar-refractivity contribution in [1.82, 2.24) is 10.3 Å². The molecule has 3 aliphatic heterocycles. The molecule has 0 aromatic heterocycles. The lowest BCUT2D eigenvalue weighted by Crippen LogP contribution is -2.61. The minimum atomic E-state index is -1.30. The first-order valence-corrected chi connectivity index (χ1v) is 15.2. The molecule has 10 heteroatoms. The van der Waals surface area contributed by atoms with Crippen LogP contribution in [0.25, 0.3) is 6.08 Å². The monoisotopic (exact) mass is 629 g/mol.